The molecule has 0 bridgehead atoms. The molecule has 0 saturated heterocycles. The number of hydrogen-bond donors (Lipinski definition) is 2. The summed E-state index contributed by atoms with van der Waals surface area (Å²) in [5, 5.41) is 16.7. The minimum absolute atomic E-state index is 0.236. The zero-order chi connectivity index (χ0) is 13.0. The Kier molecular flexibility index (Phi) is 4.58. The molecule has 0 aliphatic heterocycles. The van der Waals surface area contributed by atoms with Crippen LogP contribution in [0.1, 0.15) is 16.3 Å². The van der Waals surface area contributed by atoms with Crippen LogP contribution in [0.25, 0.3) is 0 Å². The van der Waals surface area contributed by atoms with Crippen molar-refractivity contribution < 1.29 is 5.11 Å². The SMILES string of the molecule is Cc1csc(CCNCc2c(O)cccc2Cl)n1. The monoisotopic (exact) mass is 282 g/mol. The van der Waals surface area contributed by atoms with Crippen LogP contribution in [0, 0.1) is 6.92 Å². The Balaban J connectivity index is 1.82. The van der Waals surface area contributed by atoms with Gasteiger partial charge in [-0.05, 0) is 19.1 Å². The van der Waals surface area contributed by atoms with E-state index in [9.17, 15) is 5.11 Å². The molecule has 0 radical (unpaired) electrons. The quantitative estimate of drug-likeness (QED) is 0.828. The second kappa shape index (κ2) is 6.18. The van der Waals surface area contributed by atoms with Gasteiger partial charge >= 0.3 is 0 Å². The Labute approximate surface area is 115 Å². The third-order valence-corrected chi connectivity index (χ3v) is 3.96. The third-order valence-electron chi connectivity index (χ3n) is 2.58. The number of rotatable bonds is 5. The van der Waals surface area contributed by atoms with Gasteiger partial charge < -0.3 is 10.4 Å². The lowest BCUT2D eigenvalue weighted by Gasteiger charge is -2.07. The Morgan fingerprint density at radius 2 is 2.28 bits per heavy atom. The maximum Gasteiger partial charge on any atom is 0.121 e. The molecule has 0 aliphatic rings. The summed E-state index contributed by atoms with van der Waals surface area (Å²) in [4.78, 5) is 4.39. The zero-order valence-electron chi connectivity index (χ0n) is 10.1. The maximum atomic E-state index is 9.68. The number of thiazole rings is 1. The molecule has 3 nitrogen and oxygen atoms in total. The van der Waals surface area contributed by atoms with Gasteiger partial charge in [0.15, 0.2) is 0 Å². The lowest BCUT2D eigenvalue weighted by atomic mass is 10.2. The van der Waals surface area contributed by atoms with E-state index in [1.807, 2.05) is 6.92 Å². The largest absolute Gasteiger partial charge is 0.508 e. The number of halogens is 1. The number of phenolic OH excluding ortho intramolecular Hbond substituents is 1. The van der Waals surface area contributed by atoms with E-state index in [4.69, 9.17) is 11.6 Å². The van der Waals surface area contributed by atoms with E-state index < -0.39 is 0 Å². The van der Waals surface area contributed by atoms with Gasteiger partial charge in [0, 0.05) is 41.2 Å². The van der Waals surface area contributed by atoms with Gasteiger partial charge in [-0.1, -0.05) is 17.7 Å². The fourth-order valence-corrected chi connectivity index (χ4v) is 2.66. The number of hydrogen-bond acceptors (Lipinski definition) is 4. The summed E-state index contributed by atoms with van der Waals surface area (Å²) >= 11 is 7.69. The van der Waals surface area contributed by atoms with Crippen molar-refractivity contribution in [2.45, 2.75) is 19.9 Å². The van der Waals surface area contributed by atoms with Gasteiger partial charge in [-0.2, -0.15) is 0 Å². The lowest BCUT2D eigenvalue weighted by molar-refractivity contribution is 0.464. The summed E-state index contributed by atoms with van der Waals surface area (Å²) in [5.41, 5.74) is 1.81. The molecule has 0 atom stereocenters. The summed E-state index contributed by atoms with van der Waals surface area (Å²) < 4.78 is 0. The van der Waals surface area contributed by atoms with Crippen LogP contribution in [0.5, 0.6) is 5.75 Å². The molecule has 2 N–H and O–H groups in total. The van der Waals surface area contributed by atoms with Gasteiger partial charge in [0.25, 0.3) is 0 Å². The summed E-state index contributed by atoms with van der Waals surface area (Å²) in [6.07, 6.45) is 0.893. The van der Waals surface area contributed by atoms with Crippen molar-refractivity contribution in [1.82, 2.24) is 10.3 Å². The third kappa shape index (κ3) is 3.45. The lowest BCUT2D eigenvalue weighted by Crippen LogP contribution is -2.17. The number of aryl methyl sites for hydroxylation is 1. The minimum atomic E-state index is 0.236. The topological polar surface area (TPSA) is 45.1 Å². The van der Waals surface area contributed by atoms with Crippen molar-refractivity contribution >= 4 is 22.9 Å². The first-order chi connectivity index (χ1) is 8.66. The summed E-state index contributed by atoms with van der Waals surface area (Å²) in [6, 6.07) is 5.16. The fourth-order valence-electron chi connectivity index (χ4n) is 1.65. The van der Waals surface area contributed by atoms with Crippen LogP contribution in [0.3, 0.4) is 0 Å². The number of aromatic nitrogens is 1. The highest BCUT2D eigenvalue weighted by Crippen LogP contribution is 2.24. The van der Waals surface area contributed by atoms with E-state index in [1.54, 1.807) is 29.5 Å². The molecule has 1 aromatic carbocycles. The van der Waals surface area contributed by atoms with Crippen molar-refractivity contribution in [1.29, 1.82) is 0 Å². The zero-order valence-corrected chi connectivity index (χ0v) is 11.7. The average molecular weight is 283 g/mol. The van der Waals surface area contributed by atoms with Gasteiger partial charge in [-0.15, -0.1) is 11.3 Å². The number of aromatic hydroxyl groups is 1. The van der Waals surface area contributed by atoms with Gasteiger partial charge in [0.05, 0.1) is 5.01 Å². The predicted octanol–water partition coefficient (Wildman–Crippen LogP) is 3.14. The molecule has 1 aromatic heterocycles. The molecule has 0 fully saturated rings. The van der Waals surface area contributed by atoms with Crippen LogP contribution in [-0.2, 0) is 13.0 Å². The summed E-state index contributed by atoms with van der Waals surface area (Å²) in [5.74, 6) is 0.236. The van der Waals surface area contributed by atoms with Crippen molar-refractivity contribution in [3.63, 3.8) is 0 Å². The van der Waals surface area contributed by atoms with Gasteiger partial charge in [0.1, 0.15) is 5.75 Å². The van der Waals surface area contributed by atoms with Crippen LogP contribution in [0.15, 0.2) is 23.6 Å². The second-order valence-corrected chi connectivity index (χ2v) is 5.40. The van der Waals surface area contributed by atoms with Crippen LogP contribution >= 0.6 is 22.9 Å². The maximum absolute atomic E-state index is 9.68. The van der Waals surface area contributed by atoms with Gasteiger partial charge in [-0.25, -0.2) is 4.98 Å². The molecule has 18 heavy (non-hydrogen) atoms. The van der Waals surface area contributed by atoms with Crippen molar-refractivity contribution in [2.75, 3.05) is 6.54 Å². The first kappa shape index (κ1) is 13.3. The molecule has 0 amide bonds. The van der Waals surface area contributed by atoms with E-state index >= 15 is 0 Å². The first-order valence-corrected chi connectivity index (χ1v) is 7.00. The van der Waals surface area contributed by atoms with E-state index in [0.29, 0.717) is 11.6 Å². The molecule has 96 valence electrons. The van der Waals surface area contributed by atoms with E-state index in [-0.39, 0.29) is 5.75 Å². The first-order valence-electron chi connectivity index (χ1n) is 5.75. The van der Waals surface area contributed by atoms with Crippen molar-refractivity contribution in [3.05, 3.63) is 44.9 Å². The van der Waals surface area contributed by atoms with E-state index in [2.05, 4.69) is 15.7 Å². The fraction of sp³-hybridized carbons (Fsp3) is 0.308. The normalized spacial score (nSPS) is 10.8. The second-order valence-electron chi connectivity index (χ2n) is 4.05. The average Bonchev–Trinajstić information content (AvgIpc) is 2.73. The molecule has 1 heterocycles. The molecule has 0 spiro atoms. The molecule has 0 unspecified atom stereocenters. The number of nitrogens with one attached hydrogen (secondary N) is 1. The van der Waals surface area contributed by atoms with Gasteiger partial charge in [0.2, 0.25) is 0 Å². The van der Waals surface area contributed by atoms with Crippen LogP contribution in [-0.4, -0.2) is 16.6 Å². The highest BCUT2D eigenvalue weighted by atomic mass is 35.5. The molecular weight excluding hydrogens is 268 g/mol. The predicted molar refractivity (Wildman–Crippen MR) is 75.4 cm³/mol. The highest BCUT2D eigenvalue weighted by Gasteiger charge is 2.05. The Morgan fingerprint density at radius 3 is 2.94 bits per heavy atom. The summed E-state index contributed by atoms with van der Waals surface area (Å²) in [7, 11) is 0. The molecular formula is C13H15ClN2OS. The van der Waals surface area contributed by atoms with E-state index in [0.717, 1.165) is 29.2 Å². The molecule has 0 aliphatic carbocycles. The van der Waals surface area contributed by atoms with Crippen LogP contribution in [0.2, 0.25) is 5.02 Å². The molecule has 0 saturated carbocycles. The molecule has 2 aromatic rings. The Bertz CT molecular complexity index is 507. The van der Waals surface area contributed by atoms with Crippen molar-refractivity contribution in [2.24, 2.45) is 0 Å². The molecule has 5 heteroatoms. The minimum Gasteiger partial charge on any atom is -0.508 e. The highest BCUT2D eigenvalue weighted by molar-refractivity contribution is 7.09. The van der Waals surface area contributed by atoms with Crippen molar-refractivity contribution in [3.8, 4) is 5.75 Å². The Morgan fingerprint density at radius 1 is 1.44 bits per heavy atom. The van der Waals surface area contributed by atoms with Crippen LogP contribution < -0.4 is 5.32 Å². The van der Waals surface area contributed by atoms with E-state index in [1.165, 1.54) is 0 Å². The smallest absolute Gasteiger partial charge is 0.121 e. The number of nitrogens with zero attached hydrogens (tertiary/aromatic N) is 1. The Hall–Kier alpha value is -1.10. The summed E-state index contributed by atoms with van der Waals surface area (Å²) in [6.45, 7) is 3.38. The van der Waals surface area contributed by atoms with Gasteiger partial charge in [-0.3, -0.25) is 0 Å². The number of benzene rings is 1. The number of phenols is 1. The molecule has 2 rings (SSSR count). The van der Waals surface area contributed by atoms with Crippen LogP contribution in [0.4, 0.5) is 0 Å². The standard InChI is InChI=1S/C13H15ClN2OS/c1-9-8-18-13(16-9)5-6-15-7-10-11(14)3-2-4-12(10)17/h2-4,8,15,17H,5-7H2,1H3.